The molecule has 0 saturated heterocycles. The van der Waals surface area contributed by atoms with Gasteiger partial charge in [0.2, 0.25) is 0 Å². The zero-order chi connectivity index (χ0) is 19.1. The summed E-state index contributed by atoms with van der Waals surface area (Å²) in [6.45, 7) is 0. The van der Waals surface area contributed by atoms with E-state index in [1.165, 1.54) is 22.8 Å². The van der Waals surface area contributed by atoms with Crippen molar-refractivity contribution in [3.63, 3.8) is 0 Å². The van der Waals surface area contributed by atoms with Crippen LogP contribution < -0.4 is 0 Å². The summed E-state index contributed by atoms with van der Waals surface area (Å²) >= 11 is 5.91. The predicted molar refractivity (Wildman–Crippen MR) is 88.8 cm³/mol. The maximum atomic E-state index is 13.1. The minimum absolute atomic E-state index is 0.0144. The molecule has 0 unspecified atom stereocenters. The third-order valence-corrected chi connectivity index (χ3v) is 4.59. The largest absolute Gasteiger partial charge is 0.434 e. The van der Waals surface area contributed by atoms with Crippen molar-refractivity contribution in [2.75, 3.05) is 0 Å². The normalized spacial score (nSPS) is 12.3. The maximum absolute atomic E-state index is 13.1. The molecule has 0 amide bonds. The molecule has 5 nitrogen and oxygen atoms in total. The molecule has 1 heterocycles. The van der Waals surface area contributed by atoms with Gasteiger partial charge in [-0.2, -0.15) is 21.6 Å². The van der Waals surface area contributed by atoms with Gasteiger partial charge in [0.05, 0.1) is 4.90 Å². The van der Waals surface area contributed by atoms with Crippen LogP contribution in [0.4, 0.5) is 13.2 Å². The second-order valence-electron chi connectivity index (χ2n) is 5.30. The highest BCUT2D eigenvalue weighted by Crippen LogP contribution is 2.33. The summed E-state index contributed by atoms with van der Waals surface area (Å²) in [7, 11) is -4.41. The van der Waals surface area contributed by atoms with E-state index in [0.717, 1.165) is 18.3 Å². The first-order valence-corrected chi connectivity index (χ1v) is 8.88. The molecule has 0 aliphatic carbocycles. The molecule has 2 aromatic carbocycles. The number of benzene rings is 2. The van der Waals surface area contributed by atoms with Gasteiger partial charge in [0.1, 0.15) is 5.82 Å². The average molecular weight is 403 g/mol. The summed E-state index contributed by atoms with van der Waals surface area (Å²) in [5.74, 6) is -0.0144. The zero-order valence-corrected chi connectivity index (χ0v) is 14.3. The Hall–Kier alpha value is -2.36. The fraction of sp³-hybridized carbons (Fsp3) is 0.0625. The van der Waals surface area contributed by atoms with Gasteiger partial charge in [-0.25, -0.2) is 4.98 Å². The van der Waals surface area contributed by atoms with E-state index in [1.54, 1.807) is 18.2 Å². The molecule has 0 spiro atoms. The first-order chi connectivity index (χ1) is 12.1. The first kappa shape index (κ1) is 18.4. The van der Waals surface area contributed by atoms with Crippen LogP contribution in [0.15, 0.2) is 59.6 Å². The van der Waals surface area contributed by atoms with E-state index < -0.39 is 22.0 Å². The molecular formula is C16H10ClF3N2O3S. The highest BCUT2D eigenvalue weighted by Gasteiger charge is 2.35. The number of hydrogen-bond acceptors (Lipinski definition) is 3. The Labute approximate surface area is 151 Å². The Morgan fingerprint density at radius 1 is 1.08 bits per heavy atom. The van der Waals surface area contributed by atoms with E-state index in [0.29, 0.717) is 10.6 Å². The topological polar surface area (TPSA) is 72.2 Å². The molecule has 0 radical (unpaired) electrons. The Kier molecular flexibility index (Phi) is 4.55. The summed E-state index contributed by atoms with van der Waals surface area (Å²) in [6.07, 6.45) is -3.86. The Morgan fingerprint density at radius 2 is 1.73 bits per heavy atom. The van der Waals surface area contributed by atoms with Crippen molar-refractivity contribution in [1.29, 1.82) is 0 Å². The number of imidazole rings is 1. The van der Waals surface area contributed by atoms with Crippen LogP contribution in [-0.4, -0.2) is 22.5 Å². The van der Waals surface area contributed by atoms with Gasteiger partial charge in [0.25, 0.3) is 10.1 Å². The van der Waals surface area contributed by atoms with Crippen molar-refractivity contribution in [2.45, 2.75) is 11.1 Å². The molecule has 0 aliphatic heterocycles. The van der Waals surface area contributed by atoms with Gasteiger partial charge in [-0.1, -0.05) is 23.7 Å². The molecule has 1 aromatic heterocycles. The lowest BCUT2D eigenvalue weighted by Crippen LogP contribution is -2.05. The average Bonchev–Trinajstić information content (AvgIpc) is 3.00. The van der Waals surface area contributed by atoms with E-state index >= 15 is 0 Å². The number of hydrogen-bond donors (Lipinski definition) is 1. The van der Waals surface area contributed by atoms with Crippen LogP contribution in [0, 0.1) is 0 Å². The molecule has 10 heteroatoms. The molecular weight excluding hydrogens is 393 g/mol. The van der Waals surface area contributed by atoms with Crippen LogP contribution in [-0.2, 0) is 16.3 Å². The molecule has 3 rings (SSSR count). The van der Waals surface area contributed by atoms with Crippen molar-refractivity contribution in [3.8, 4) is 17.1 Å². The van der Waals surface area contributed by atoms with Gasteiger partial charge < -0.3 is 0 Å². The van der Waals surface area contributed by atoms with Crippen molar-refractivity contribution in [1.82, 2.24) is 9.55 Å². The Bertz CT molecular complexity index is 1060. The fourth-order valence-corrected chi connectivity index (χ4v) is 2.99. The Morgan fingerprint density at radius 3 is 2.27 bits per heavy atom. The Balaban J connectivity index is 2.18. The zero-order valence-electron chi connectivity index (χ0n) is 12.8. The van der Waals surface area contributed by atoms with Crippen molar-refractivity contribution in [2.24, 2.45) is 0 Å². The number of rotatable bonds is 3. The lowest BCUT2D eigenvalue weighted by molar-refractivity contribution is -0.140. The monoisotopic (exact) mass is 402 g/mol. The molecule has 0 saturated carbocycles. The highest BCUT2D eigenvalue weighted by molar-refractivity contribution is 7.85. The molecule has 1 N–H and O–H groups in total. The number of aromatic nitrogens is 2. The summed E-state index contributed by atoms with van der Waals surface area (Å²) in [5, 5.41) is 0.326. The third-order valence-electron chi connectivity index (χ3n) is 3.49. The summed E-state index contributed by atoms with van der Waals surface area (Å²) in [5.41, 5.74) is -0.520. The van der Waals surface area contributed by atoms with Crippen molar-refractivity contribution in [3.05, 3.63) is 65.4 Å². The van der Waals surface area contributed by atoms with Gasteiger partial charge in [-0.15, -0.1) is 0 Å². The second kappa shape index (κ2) is 6.42. The quantitative estimate of drug-likeness (QED) is 0.656. The summed E-state index contributed by atoms with van der Waals surface area (Å²) in [4.78, 5) is 3.28. The smallest absolute Gasteiger partial charge is 0.299 e. The van der Waals surface area contributed by atoms with Crippen LogP contribution in [0.5, 0.6) is 0 Å². The van der Waals surface area contributed by atoms with E-state index in [1.807, 2.05) is 0 Å². The van der Waals surface area contributed by atoms with Gasteiger partial charge in [0.15, 0.2) is 5.69 Å². The first-order valence-electron chi connectivity index (χ1n) is 7.06. The standard InChI is InChI=1S/C16H10ClF3N2O3S/c17-11-3-1-2-10(8-11)15-21-14(16(18,19)20)9-22(15)12-4-6-13(7-5-12)26(23,24)25/h1-9H,(H,23,24,25). The van der Waals surface area contributed by atoms with Gasteiger partial charge in [0, 0.05) is 22.5 Å². The van der Waals surface area contributed by atoms with Crippen LogP contribution in [0.2, 0.25) is 5.02 Å². The molecule has 3 aromatic rings. The fourth-order valence-electron chi connectivity index (χ4n) is 2.32. The SMILES string of the molecule is O=S(=O)(O)c1ccc(-n2cc(C(F)(F)F)nc2-c2cccc(Cl)c2)cc1. The van der Waals surface area contributed by atoms with Gasteiger partial charge in [-0.3, -0.25) is 9.12 Å². The molecule has 0 atom stereocenters. The molecule has 136 valence electrons. The van der Waals surface area contributed by atoms with Gasteiger partial charge >= 0.3 is 6.18 Å². The molecule has 0 fully saturated rings. The molecule has 0 aliphatic rings. The maximum Gasteiger partial charge on any atom is 0.434 e. The minimum atomic E-state index is -4.66. The van der Waals surface area contributed by atoms with Crippen LogP contribution in [0.25, 0.3) is 17.1 Å². The summed E-state index contributed by atoms with van der Waals surface area (Å²) in [6, 6.07) is 10.9. The van der Waals surface area contributed by atoms with E-state index in [9.17, 15) is 21.6 Å². The molecule has 26 heavy (non-hydrogen) atoms. The molecule has 0 bridgehead atoms. The number of halogens is 4. The van der Waals surface area contributed by atoms with Crippen LogP contribution in [0.1, 0.15) is 5.69 Å². The minimum Gasteiger partial charge on any atom is -0.299 e. The number of nitrogens with zero attached hydrogens (tertiary/aromatic N) is 2. The van der Waals surface area contributed by atoms with E-state index in [-0.39, 0.29) is 16.4 Å². The van der Waals surface area contributed by atoms with E-state index in [4.69, 9.17) is 16.2 Å². The van der Waals surface area contributed by atoms with Crippen LogP contribution in [0.3, 0.4) is 0 Å². The van der Waals surface area contributed by atoms with E-state index in [2.05, 4.69) is 4.98 Å². The predicted octanol–water partition coefficient (Wildman–Crippen LogP) is 4.46. The third kappa shape index (κ3) is 3.74. The highest BCUT2D eigenvalue weighted by atomic mass is 35.5. The lowest BCUT2D eigenvalue weighted by Gasteiger charge is -2.08. The second-order valence-corrected chi connectivity index (χ2v) is 7.15. The van der Waals surface area contributed by atoms with Crippen molar-refractivity contribution >= 4 is 21.7 Å². The van der Waals surface area contributed by atoms with Crippen LogP contribution >= 0.6 is 11.6 Å². The summed E-state index contributed by atoms with van der Waals surface area (Å²) < 4.78 is 71.7. The van der Waals surface area contributed by atoms with Gasteiger partial charge in [-0.05, 0) is 36.4 Å². The van der Waals surface area contributed by atoms with Crippen molar-refractivity contribution < 1.29 is 26.1 Å². The lowest BCUT2D eigenvalue weighted by atomic mass is 10.2. The number of alkyl halides is 3.